The number of hydrogen-bond donors (Lipinski definition) is 0. The molecule has 0 spiro atoms. The molecule has 0 unspecified atom stereocenters. The molecular weight excluding hydrogens is 718 g/mol. The van der Waals surface area contributed by atoms with Crippen LogP contribution in [0.5, 0.6) is 11.5 Å². The minimum Gasteiger partial charge on any atom is -0.496 e. The standard InChI is InChI=1S/C31H25Br2N3O7S/c1-4-42-30(38)27-17(2)34-31-35(28(27)19-7-11-25(41-3)23(33)14-19)29(37)26(44-31)15-20-13-21(32)8-12-24(20)43-16-18-5-9-22(10-6-18)36(39)40/h5-15,28H,4,16H2,1-3H3/b26-15+/t28-/m0/s1. The van der Waals surface area contributed by atoms with Crippen LogP contribution in [0.2, 0.25) is 0 Å². The Morgan fingerprint density at radius 1 is 1.11 bits per heavy atom. The van der Waals surface area contributed by atoms with Gasteiger partial charge in [-0.25, -0.2) is 9.79 Å². The number of non-ortho nitro benzene ring substituents is 1. The van der Waals surface area contributed by atoms with Gasteiger partial charge in [-0.15, -0.1) is 0 Å². The number of methoxy groups -OCH3 is 1. The van der Waals surface area contributed by atoms with Crippen LogP contribution in [-0.2, 0) is 16.1 Å². The predicted octanol–water partition coefficient (Wildman–Crippen LogP) is 5.82. The Balaban J connectivity index is 1.59. The lowest BCUT2D eigenvalue weighted by molar-refractivity contribution is -0.384. The second-order valence-corrected chi connectivity index (χ2v) is 12.4. The molecule has 0 saturated carbocycles. The Kier molecular flexibility index (Phi) is 9.47. The summed E-state index contributed by atoms with van der Waals surface area (Å²) in [5.74, 6) is 0.570. The highest BCUT2D eigenvalue weighted by molar-refractivity contribution is 9.10. The predicted molar refractivity (Wildman–Crippen MR) is 173 cm³/mol. The summed E-state index contributed by atoms with van der Waals surface area (Å²) in [7, 11) is 1.56. The lowest BCUT2D eigenvalue weighted by Crippen LogP contribution is -2.40. The van der Waals surface area contributed by atoms with Crippen molar-refractivity contribution in [2.24, 2.45) is 4.99 Å². The van der Waals surface area contributed by atoms with E-state index in [0.29, 0.717) is 42.1 Å². The number of carbonyl (C=O) groups excluding carboxylic acids is 1. The summed E-state index contributed by atoms with van der Waals surface area (Å²) >= 11 is 8.22. The van der Waals surface area contributed by atoms with E-state index in [4.69, 9.17) is 14.2 Å². The number of nitro benzene ring substituents is 1. The zero-order valence-corrected chi connectivity index (χ0v) is 27.7. The van der Waals surface area contributed by atoms with Gasteiger partial charge in [0.05, 0.1) is 45.0 Å². The number of thiazole rings is 1. The van der Waals surface area contributed by atoms with Crippen LogP contribution >= 0.6 is 43.2 Å². The topological polar surface area (TPSA) is 122 Å². The van der Waals surface area contributed by atoms with Gasteiger partial charge in [-0.2, -0.15) is 0 Å². The quantitative estimate of drug-likeness (QED) is 0.120. The molecule has 0 aliphatic carbocycles. The van der Waals surface area contributed by atoms with Gasteiger partial charge >= 0.3 is 5.97 Å². The number of nitrogens with zero attached hydrogens (tertiary/aromatic N) is 3. The van der Waals surface area contributed by atoms with Crippen molar-refractivity contribution in [3.63, 3.8) is 0 Å². The molecule has 5 rings (SSSR count). The second-order valence-electron chi connectivity index (χ2n) is 9.59. The maximum absolute atomic E-state index is 14.1. The fourth-order valence-electron chi connectivity index (χ4n) is 4.74. The molecule has 0 fully saturated rings. The molecule has 10 nitrogen and oxygen atoms in total. The van der Waals surface area contributed by atoms with Crippen molar-refractivity contribution < 1.29 is 23.9 Å². The van der Waals surface area contributed by atoms with Gasteiger partial charge in [-0.1, -0.05) is 33.3 Å². The second kappa shape index (κ2) is 13.3. The average Bonchev–Trinajstić information content (AvgIpc) is 3.30. The number of allylic oxidation sites excluding steroid dienone is 1. The van der Waals surface area contributed by atoms with Gasteiger partial charge in [0.2, 0.25) is 0 Å². The monoisotopic (exact) mass is 741 g/mol. The Morgan fingerprint density at radius 3 is 2.50 bits per heavy atom. The third-order valence-electron chi connectivity index (χ3n) is 6.81. The Bertz CT molecular complexity index is 1980. The van der Waals surface area contributed by atoms with Crippen molar-refractivity contribution >= 4 is 60.9 Å². The summed E-state index contributed by atoms with van der Waals surface area (Å²) < 4.78 is 20.2. The first-order valence-corrected chi connectivity index (χ1v) is 15.7. The van der Waals surface area contributed by atoms with E-state index in [0.717, 1.165) is 10.0 Å². The molecular formula is C31H25Br2N3O7S. The van der Waals surface area contributed by atoms with E-state index in [2.05, 4.69) is 36.9 Å². The van der Waals surface area contributed by atoms with E-state index in [1.54, 1.807) is 51.3 Å². The van der Waals surface area contributed by atoms with Gasteiger partial charge in [-0.05, 0) is 89.4 Å². The first kappa shape index (κ1) is 31.4. The number of benzene rings is 3. The summed E-state index contributed by atoms with van der Waals surface area (Å²) in [6, 6.07) is 16.2. The summed E-state index contributed by atoms with van der Waals surface area (Å²) in [6.07, 6.45) is 1.73. The molecule has 0 N–H and O–H groups in total. The maximum atomic E-state index is 14.1. The number of hydrogen-bond acceptors (Lipinski definition) is 9. The molecule has 1 aliphatic rings. The maximum Gasteiger partial charge on any atom is 0.338 e. The number of rotatable bonds is 9. The number of nitro groups is 1. The molecule has 0 saturated heterocycles. The molecule has 13 heteroatoms. The average molecular weight is 743 g/mol. The van der Waals surface area contributed by atoms with E-state index in [1.165, 1.54) is 28.0 Å². The van der Waals surface area contributed by atoms with Crippen LogP contribution in [0.1, 0.15) is 36.6 Å². The normalized spacial score (nSPS) is 14.6. The molecule has 44 heavy (non-hydrogen) atoms. The first-order valence-electron chi connectivity index (χ1n) is 13.3. The van der Waals surface area contributed by atoms with E-state index < -0.39 is 16.9 Å². The van der Waals surface area contributed by atoms with E-state index in [1.807, 2.05) is 24.3 Å². The number of esters is 1. The van der Waals surface area contributed by atoms with Crippen LogP contribution in [0.3, 0.4) is 0 Å². The van der Waals surface area contributed by atoms with Crippen LogP contribution in [0.15, 0.2) is 90.7 Å². The minimum atomic E-state index is -0.782. The van der Waals surface area contributed by atoms with Crippen LogP contribution in [0, 0.1) is 10.1 Å². The summed E-state index contributed by atoms with van der Waals surface area (Å²) in [4.78, 5) is 42.9. The van der Waals surface area contributed by atoms with Crippen molar-refractivity contribution in [2.75, 3.05) is 13.7 Å². The highest BCUT2D eigenvalue weighted by atomic mass is 79.9. The fraction of sp³-hybridized carbons (Fsp3) is 0.194. The van der Waals surface area contributed by atoms with Crippen molar-refractivity contribution in [2.45, 2.75) is 26.5 Å². The SMILES string of the molecule is CCOC(=O)C1=C(C)N=c2s/c(=C/c3cc(Br)ccc3OCc3ccc([N+](=O)[O-])cc3)c(=O)n2[C@H]1c1ccc(OC)c(Br)c1. The molecule has 1 aliphatic heterocycles. The molecule has 0 bridgehead atoms. The third-order valence-corrected chi connectivity index (χ3v) is 8.90. The number of carbonyl (C=O) groups is 1. The van der Waals surface area contributed by atoms with Crippen molar-refractivity contribution in [3.05, 3.63) is 127 Å². The van der Waals surface area contributed by atoms with Crippen LogP contribution in [-0.4, -0.2) is 29.2 Å². The molecule has 0 radical (unpaired) electrons. The van der Waals surface area contributed by atoms with Crippen LogP contribution in [0.4, 0.5) is 5.69 Å². The molecule has 1 aromatic heterocycles. The molecule has 3 aromatic carbocycles. The lowest BCUT2D eigenvalue weighted by atomic mass is 9.96. The smallest absolute Gasteiger partial charge is 0.338 e. The Hall–Kier alpha value is -4.07. The minimum absolute atomic E-state index is 0.00453. The Labute approximate surface area is 272 Å². The number of aromatic nitrogens is 1. The number of ether oxygens (including phenoxy) is 3. The Morgan fingerprint density at radius 2 is 1.84 bits per heavy atom. The van der Waals surface area contributed by atoms with Crippen LogP contribution in [0.25, 0.3) is 6.08 Å². The van der Waals surface area contributed by atoms with E-state index >= 15 is 0 Å². The van der Waals surface area contributed by atoms with Gasteiger partial charge in [0.25, 0.3) is 11.2 Å². The highest BCUT2D eigenvalue weighted by Gasteiger charge is 2.33. The van der Waals surface area contributed by atoms with Crippen molar-refractivity contribution in [1.82, 2.24) is 4.57 Å². The molecule has 2 heterocycles. The van der Waals surface area contributed by atoms with Gasteiger partial charge in [-0.3, -0.25) is 19.5 Å². The zero-order valence-electron chi connectivity index (χ0n) is 23.7. The number of halogens is 2. The summed E-state index contributed by atoms with van der Waals surface area (Å²) in [6.45, 7) is 3.79. The molecule has 4 aromatic rings. The van der Waals surface area contributed by atoms with Gasteiger partial charge < -0.3 is 14.2 Å². The highest BCUT2D eigenvalue weighted by Crippen LogP contribution is 2.35. The molecule has 226 valence electrons. The first-order chi connectivity index (χ1) is 21.1. The molecule has 1 atom stereocenters. The van der Waals surface area contributed by atoms with Crippen molar-refractivity contribution in [3.8, 4) is 11.5 Å². The van der Waals surface area contributed by atoms with Crippen LogP contribution < -0.4 is 24.4 Å². The summed E-state index contributed by atoms with van der Waals surface area (Å²) in [5.41, 5.74) is 2.46. The zero-order chi connectivity index (χ0) is 31.5. The molecule has 0 amide bonds. The number of fused-ring (bicyclic) bond motifs is 1. The fourth-order valence-corrected chi connectivity index (χ4v) is 6.71. The third kappa shape index (κ3) is 6.40. The van der Waals surface area contributed by atoms with E-state index in [-0.39, 0.29) is 30.0 Å². The van der Waals surface area contributed by atoms with E-state index in [9.17, 15) is 19.7 Å². The van der Waals surface area contributed by atoms with Crippen molar-refractivity contribution in [1.29, 1.82) is 0 Å². The van der Waals surface area contributed by atoms with Gasteiger partial charge in [0, 0.05) is 22.2 Å². The lowest BCUT2D eigenvalue weighted by Gasteiger charge is -2.25. The van der Waals surface area contributed by atoms with Gasteiger partial charge in [0.15, 0.2) is 4.80 Å². The largest absolute Gasteiger partial charge is 0.496 e. The summed E-state index contributed by atoms with van der Waals surface area (Å²) in [5, 5.41) is 11.0. The van der Waals surface area contributed by atoms with Gasteiger partial charge in [0.1, 0.15) is 18.1 Å².